The molecule has 1 aliphatic rings. The molecule has 0 aromatic heterocycles. The van der Waals surface area contributed by atoms with Crippen molar-refractivity contribution in [3.63, 3.8) is 0 Å². The van der Waals surface area contributed by atoms with Gasteiger partial charge in [0, 0.05) is 18.3 Å². The molecular formula is C16H24N2O2. The standard InChI is InChI=1S/C16H24N2O2/c1-12-9-10-13-7-5-6-8-14(13)18(12)11-16(2,17-3)15(19)20-4/h5-8,12,17H,9-11H2,1-4H3. The third-order valence-electron chi connectivity index (χ3n) is 4.34. The molecule has 0 fully saturated rings. The van der Waals surface area contributed by atoms with Gasteiger partial charge in [-0.15, -0.1) is 0 Å². The summed E-state index contributed by atoms with van der Waals surface area (Å²) in [7, 11) is 3.24. The van der Waals surface area contributed by atoms with E-state index < -0.39 is 5.54 Å². The second-order valence-corrected chi connectivity index (χ2v) is 5.72. The first-order valence-corrected chi connectivity index (χ1v) is 7.13. The van der Waals surface area contributed by atoms with E-state index in [-0.39, 0.29) is 5.97 Å². The summed E-state index contributed by atoms with van der Waals surface area (Å²) >= 11 is 0. The van der Waals surface area contributed by atoms with E-state index in [1.54, 1.807) is 7.05 Å². The molecule has 0 amide bonds. The molecule has 1 heterocycles. The zero-order valence-corrected chi connectivity index (χ0v) is 12.8. The highest BCUT2D eigenvalue weighted by atomic mass is 16.5. The van der Waals surface area contributed by atoms with Gasteiger partial charge >= 0.3 is 5.97 Å². The number of methoxy groups -OCH3 is 1. The molecule has 2 rings (SSSR count). The number of hydrogen-bond donors (Lipinski definition) is 1. The van der Waals surface area contributed by atoms with Crippen molar-refractivity contribution in [3.05, 3.63) is 29.8 Å². The zero-order chi connectivity index (χ0) is 14.8. The lowest BCUT2D eigenvalue weighted by Crippen LogP contribution is -2.58. The number of nitrogens with one attached hydrogen (secondary N) is 1. The van der Waals surface area contributed by atoms with Crippen molar-refractivity contribution in [1.29, 1.82) is 0 Å². The molecule has 0 saturated carbocycles. The molecule has 4 nitrogen and oxygen atoms in total. The van der Waals surface area contributed by atoms with Crippen LogP contribution >= 0.6 is 0 Å². The lowest BCUT2D eigenvalue weighted by Gasteiger charge is -2.41. The average molecular weight is 276 g/mol. The molecule has 1 aromatic rings. The molecule has 1 aromatic carbocycles. The van der Waals surface area contributed by atoms with Gasteiger partial charge in [0.15, 0.2) is 0 Å². The lowest BCUT2D eigenvalue weighted by atomic mass is 9.93. The topological polar surface area (TPSA) is 41.6 Å². The smallest absolute Gasteiger partial charge is 0.327 e. The molecule has 2 unspecified atom stereocenters. The molecule has 0 radical (unpaired) electrons. The Balaban J connectivity index is 2.30. The van der Waals surface area contributed by atoms with Crippen LogP contribution < -0.4 is 10.2 Å². The molecule has 4 heteroatoms. The lowest BCUT2D eigenvalue weighted by molar-refractivity contribution is -0.147. The Morgan fingerprint density at radius 3 is 2.85 bits per heavy atom. The Morgan fingerprint density at radius 2 is 2.20 bits per heavy atom. The van der Waals surface area contributed by atoms with E-state index in [9.17, 15) is 4.79 Å². The van der Waals surface area contributed by atoms with Crippen molar-refractivity contribution < 1.29 is 9.53 Å². The largest absolute Gasteiger partial charge is 0.468 e. The van der Waals surface area contributed by atoms with Crippen molar-refractivity contribution in [2.24, 2.45) is 0 Å². The van der Waals surface area contributed by atoms with Crippen LogP contribution in [0.3, 0.4) is 0 Å². The Morgan fingerprint density at radius 1 is 1.50 bits per heavy atom. The Bertz CT molecular complexity index is 489. The molecule has 2 atom stereocenters. The van der Waals surface area contributed by atoms with Crippen LogP contribution in [0.4, 0.5) is 5.69 Å². The van der Waals surface area contributed by atoms with E-state index in [0.29, 0.717) is 12.6 Å². The van der Waals surface area contributed by atoms with Crippen LogP contribution in [0.5, 0.6) is 0 Å². The summed E-state index contributed by atoms with van der Waals surface area (Å²) in [6.45, 7) is 4.71. The summed E-state index contributed by atoms with van der Waals surface area (Å²) in [5.74, 6) is -0.227. The number of carbonyl (C=O) groups is 1. The minimum absolute atomic E-state index is 0.227. The number of hydrogen-bond acceptors (Lipinski definition) is 4. The molecule has 0 aliphatic carbocycles. The SMILES string of the molecule is CNC(C)(CN1c2ccccc2CCC1C)C(=O)OC. The number of aryl methyl sites for hydroxylation is 1. The number of benzene rings is 1. The maximum absolute atomic E-state index is 12.0. The quantitative estimate of drug-likeness (QED) is 0.854. The second kappa shape index (κ2) is 5.83. The molecular weight excluding hydrogens is 252 g/mol. The minimum Gasteiger partial charge on any atom is -0.468 e. The number of ether oxygens (including phenoxy) is 1. The van der Waals surface area contributed by atoms with E-state index in [1.807, 2.05) is 6.92 Å². The van der Waals surface area contributed by atoms with Crippen LogP contribution in [0.2, 0.25) is 0 Å². The fourth-order valence-corrected chi connectivity index (χ4v) is 2.81. The number of esters is 1. The predicted molar refractivity (Wildman–Crippen MR) is 81.1 cm³/mol. The van der Waals surface area contributed by atoms with Gasteiger partial charge < -0.3 is 15.0 Å². The molecule has 20 heavy (non-hydrogen) atoms. The van der Waals surface area contributed by atoms with Gasteiger partial charge in [-0.1, -0.05) is 18.2 Å². The van der Waals surface area contributed by atoms with Crippen molar-refractivity contribution in [2.75, 3.05) is 25.6 Å². The van der Waals surface area contributed by atoms with Gasteiger partial charge in [0.2, 0.25) is 0 Å². The van der Waals surface area contributed by atoms with E-state index >= 15 is 0 Å². The Hall–Kier alpha value is -1.55. The van der Waals surface area contributed by atoms with Gasteiger partial charge in [0.25, 0.3) is 0 Å². The number of likely N-dealkylation sites (N-methyl/N-ethyl adjacent to an activating group) is 1. The summed E-state index contributed by atoms with van der Waals surface area (Å²) in [5, 5.41) is 3.11. The third kappa shape index (κ3) is 2.66. The highest BCUT2D eigenvalue weighted by Crippen LogP contribution is 2.31. The number of para-hydroxylation sites is 1. The summed E-state index contributed by atoms with van der Waals surface area (Å²) in [6, 6.07) is 8.85. The number of anilines is 1. The Labute approximate surface area is 121 Å². The van der Waals surface area contributed by atoms with Crippen molar-refractivity contribution in [2.45, 2.75) is 38.3 Å². The monoisotopic (exact) mass is 276 g/mol. The number of fused-ring (bicyclic) bond motifs is 1. The van der Waals surface area contributed by atoms with Gasteiger partial charge in [-0.3, -0.25) is 0 Å². The van der Waals surface area contributed by atoms with Gasteiger partial charge in [-0.05, 0) is 45.4 Å². The van der Waals surface area contributed by atoms with Crippen LogP contribution in [0, 0.1) is 0 Å². The summed E-state index contributed by atoms with van der Waals surface area (Å²) in [6.07, 6.45) is 2.21. The first-order chi connectivity index (χ1) is 9.51. The molecule has 0 bridgehead atoms. The second-order valence-electron chi connectivity index (χ2n) is 5.72. The molecule has 0 saturated heterocycles. The first-order valence-electron chi connectivity index (χ1n) is 7.13. The summed E-state index contributed by atoms with van der Waals surface area (Å²) < 4.78 is 4.94. The summed E-state index contributed by atoms with van der Waals surface area (Å²) in [5.41, 5.74) is 1.89. The fraction of sp³-hybridized carbons (Fsp3) is 0.562. The van der Waals surface area contributed by atoms with Gasteiger partial charge in [-0.25, -0.2) is 4.79 Å². The first kappa shape index (κ1) is 14.9. The third-order valence-corrected chi connectivity index (χ3v) is 4.34. The van der Waals surface area contributed by atoms with Crippen molar-refractivity contribution >= 4 is 11.7 Å². The van der Waals surface area contributed by atoms with E-state index in [1.165, 1.54) is 18.4 Å². The Kier molecular flexibility index (Phi) is 4.33. The van der Waals surface area contributed by atoms with Crippen LogP contribution in [0.25, 0.3) is 0 Å². The molecule has 1 N–H and O–H groups in total. The molecule has 110 valence electrons. The van der Waals surface area contributed by atoms with Crippen LogP contribution in [0.1, 0.15) is 25.8 Å². The van der Waals surface area contributed by atoms with Crippen LogP contribution in [-0.4, -0.2) is 38.3 Å². The van der Waals surface area contributed by atoms with Crippen LogP contribution in [0.15, 0.2) is 24.3 Å². The fourth-order valence-electron chi connectivity index (χ4n) is 2.81. The van der Waals surface area contributed by atoms with Gasteiger partial charge in [0.1, 0.15) is 5.54 Å². The number of carbonyl (C=O) groups excluding carboxylic acids is 1. The van der Waals surface area contributed by atoms with Gasteiger partial charge in [0.05, 0.1) is 7.11 Å². The highest BCUT2D eigenvalue weighted by molar-refractivity contribution is 5.81. The van der Waals surface area contributed by atoms with E-state index in [0.717, 1.165) is 12.8 Å². The number of nitrogens with zero attached hydrogens (tertiary/aromatic N) is 1. The zero-order valence-electron chi connectivity index (χ0n) is 12.8. The molecule has 1 aliphatic heterocycles. The van der Waals surface area contributed by atoms with Crippen LogP contribution in [-0.2, 0) is 16.0 Å². The maximum Gasteiger partial charge on any atom is 0.327 e. The van der Waals surface area contributed by atoms with Gasteiger partial charge in [-0.2, -0.15) is 0 Å². The normalized spacial score (nSPS) is 21.0. The summed E-state index contributed by atoms with van der Waals surface area (Å²) in [4.78, 5) is 14.4. The maximum atomic E-state index is 12.0. The predicted octanol–water partition coefficient (Wildman–Crippen LogP) is 1.98. The molecule has 0 spiro atoms. The van der Waals surface area contributed by atoms with Crippen molar-refractivity contribution in [3.8, 4) is 0 Å². The van der Waals surface area contributed by atoms with E-state index in [4.69, 9.17) is 4.74 Å². The highest BCUT2D eigenvalue weighted by Gasteiger charge is 2.37. The average Bonchev–Trinajstić information content (AvgIpc) is 2.49. The van der Waals surface area contributed by atoms with Crippen molar-refractivity contribution in [1.82, 2.24) is 5.32 Å². The number of rotatable bonds is 4. The van der Waals surface area contributed by atoms with E-state index in [2.05, 4.69) is 41.4 Å². The minimum atomic E-state index is -0.701.